The lowest BCUT2D eigenvalue weighted by Crippen LogP contribution is -2.36. The number of esters is 1. The molecule has 1 fully saturated rings. The molecule has 1 heterocycles. The summed E-state index contributed by atoms with van der Waals surface area (Å²) in [7, 11) is 0. The summed E-state index contributed by atoms with van der Waals surface area (Å²) < 4.78 is 16.0. The van der Waals surface area contributed by atoms with Crippen molar-refractivity contribution in [3.05, 3.63) is 58.0 Å². The van der Waals surface area contributed by atoms with Gasteiger partial charge in [-0.15, -0.1) is 0 Å². The number of ether oxygens (including phenoxy) is 3. The van der Waals surface area contributed by atoms with Crippen LogP contribution in [0, 0.1) is 13.8 Å². The van der Waals surface area contributed by atoms with Gasteiger partial charge in [0.25, 0.3) is 11.1 Å². The SMILES string of the molecule is CCOC(=O)COc1ccc(/C=C2\SC(=O)N(CC(=O)Nc3ccc(C)c(C)c3)C2=O)cc1OCC. The van der Waals surface area contributed by atoms with Crippen LogP contribution in [0.4, 0.5) is 10.5 Å². The van der Waals surface area contributed by atoms with E-state index < -0.39 is 23.0 Å². The Hall–Kier alpha value is -3.79. The maximum absolute atomic E-state index is 12.9. The largest absolute Gasteiger partial charge is 0.490 e. The Morgan fingerprint density at radius 2 is 1.75 bits per heavy atom. The molecule has 1 aliphatic heterocycles. The minimum Gasteiger partial charge on any atom is -0.490 e. The van der Waals surface area contributed by atoms with Gasteiger partial charge in [0.05, 0.1) is 18.1 Å². The molecule has 3 rings (SSSR count). The Balaban J connectivity index is 1.70. The van der Waals surface area contributed by atoms with Crippen molar-refractivity contribution in [3.63, 3.8) is 0 Å². The smallest absolute Gasteiger partial charge is 0.344 e. The first-order valence-electron chi connectivity index (χ1n) is 11.4. The first-order chi connectivity index (χ1) is 17.2. The Morgan fingerprint density at radius 1 is 0.972 bits per heavy atom. The van der Waals surface area contributed by atoms with Crippen molar-refractivity contribution in [2.24, 2.45) is 0 Å². The molecule has 0 aliphatic carbocycles. The molecule has 10 heteroatoms. The van der Waals surface area contributed by atoms with Crippen LogP contribution in [0.15, 0.2) is 41.3 Å². The average molecular weight is 513 g/mol. The first-order valence-corrected chi connectivity index (χ1v) is 12.2. The lowest BCUT2D eigenvalue weighted by atomic mass is 10.1. The Kier molecular flexibility index (Phi) is 9.13. The third-order valence-electron chi connectivity index (χ3n) is 5.18. The molecule has 2 aromatic rings. The summed E-state index contributed by atoms with van der Waals surface area (Å²) in [6, 6.07) is 10.4. The summed E-state index contributed by atoms with van der Waals surface area (Å²) >= 11 is 0.758. The van der Waals surface area contributed by atoms with Crippen molar-refractivity contribution in [3.8, 4) is 11.5 Å². The maximum Gasteiger partial charge on any atom is 0.344 e. The summed E-state index contributed by atoms with van der Waals surface area (Å²) in [6.45, 7) is 7.36. The number of carbonyl (C=O) groups is 4. The molecule has 0 radical (unpaired) electrons. The second kappa shape index (κ2) is 12.3. The number of amides is 3. The van der Waals surface area contributed by atoms with E-state index in [1.54, 1.807) is 44.2 Å². The van der Waals surface area contributed by atoms with Gasteiger partial charge in [0.2, 0.25) is 5.91 Å². The number of hydrogen-bond donors (Lipinski definition) is 1. The fourth-order valence-electron chi connectivity index (χ4n) is 3.29. The van der Waals surface area contributed by atoms with Gasteiger partial charge in [-0.25, -0.2) is 4.79 Å². The molecule has 1 saturated heterocycles. The molecule has 190 valence electrons. The van der Waals surface area contributed by atoms with Crippen LogP contribution < -0.4 is 14.8 Å². The van der Waals surface area contributed by atoms with Gasteiger partial charge in [-0.3, -0.25) is 19.3 Å². The van der Waals surface area contributed by atoms with E-state index in [-0.39, 0.29) is 24.7 Å². The second-order valence-electron chi connectivity index (χ2n) is 7.85. The molecule has 0 atom stereocenters. The normalized spacial score (nSPS) is 14.2. The number of nitrogens with zero attached hydrogens (tertiary/aromatic N) is 1. The van der Waals surface area contributed by atoms with Crippen LogP contribution in [0.25, 0.3) is 6.08 Å². The van der Waals surface area contributed by atoms with E-state index in [2.05, 4.69) is 5.32 Å². The van der Waals surface area contributed by atoms with Gasteiger partial charge >= 0.3 is 5.97 Å². The average Bonchev–Trinajstić information content (AvgIpc) is 3.08. The quantitative estimate of drug-likeness (QED) is 0.370. The third-order valence-corrected chi connectivity index (χ3v) is 6.09. The van der Waals surface area contributed by atoms with Crippen LogP contribution in [0.2, 0.25) is 0 Å². The van der Waals surface area contributed by atoms with Crippen LogP contribution in [0.3, 0.4) is 0 Å². The number of thioether (sulfide) groups is 1. The highest BCUT2D eigenvalue weighted by Crippen LogP contribution is 2.34. The van der Waals surface area contributed by atoms with Crippen molar-refractivity contribution in [1.82, 2.24) is 4.90 Å². The summed E-state index contributed by atoms with van der Waals surface area (Å²) in [5.41, 5.74) is 3.30. The van der Waals surface area contributed by atoms with Crippen molar-refractivity contribution in [2.75, 3.05) is 31.7 Å². The van der Waals surface area contributed by atoms with Gasteiger partial charge < -0.3 is 19.5 Å². The lowest BCUT2D eigenvalue weighted by Gasteiger charge is -2.13. The summed E-state index contributed by atoms with van der Waals surface area (Å²) in [6.07, 6.45) is 1.55. The van der Waals surface area contributed by atoms with Crippen molar-refractivity contribution >= 4 is 46.5 Å². The molecule has 0 aromatic heterocycles. The van der Waals surface area contributed by atoms with Crippen molar-refractivity contribution < 1.29 is 33.4 Å². The van der Waals surface area contributed by atoms with Crippen LogP contribution in [0.5, 0.6) is 11.5 Å². The maximum atomic E-state index is 12.9. The predicted octanol–water partition coefficient (Wildman–Crippen LogP) is 4.32. The number of imide groups is 1. The monoisotopic (exact) mass is 512 g/mol. The highest BCUT2D eigenvalue weighted by molar-refractivity contribution is 8.18. The molecule has 0 bridgehead atoms. The fraction of sp³-hybridized carbons (Fsp3) is 0.308. The molecule has 0 saturated carbocycles. The van der Waals surface area contributed by atoms with Gasteiger partial charge in [0.15, 0.2) is 18.1 Å². The number of nitrogens with one attached hydrogen (secondary N) is 1. The van der Waals surface area contributed by atoms with E-state index >= 15 is 0 Å². The number of hydrogen-bond acceptors (Lipinski definition) is 8. The molecular formula is C26H28N2O7S. The molecular weight excluding hydrogens is 484 g/mol. The Morgan fingerprint density at radius 3 is 2.44 bits per heavy atom. The molecule has 0 spiro atoms. The zero-order valence-electron chi connectivity index (χ0n) is 20.6. The van der Waals surface area contributed by atoms with E-state index in [0.29, 0.717) is 29.4 Å². The molecule has 9 nitrogen and oxygen atoms in total. The van der Waals surface area contributed by atoms with Gasteiger partial charge in [-0.1, -0.05) is 12.1 Å². The summed E-state index contributed by atoms with van der Waals surface area (Å²) in [5.74, 6) is -0.802. The Labute approximate surface area is 213 Å². The van der Waals surface area contributed by atoms with E-state index in [9.17, 15) is 19.2 Å². The third kappa shape index (κ3) is 6.88. The van der Waals surface area contributed by atoms with E-state index in [4.69, 9.17) is 14.2 Å². The van der Waals surface area contributed by atoms with Gasteiger partial charge in [0, 0.05) is 5.69 Å². The van der Waals surface area contributed by atoms with Gasteiger partial charge in [0.1, 0.15) is 6.54 Å². The van der Waals surface area contributed by atoms with Crippen LogP contribution in [-0.2, 0) is 19.1 Å². The standard InChI is InChI=1S/C26H28N2O7S/c1-5-33-21-12-18(8-10-20(21)35-15-24(30)34-6-2)13-22-25(31)28(26(32)36-22)14-23(29)27-19-9-7-16(3)17(4)11-19/h7-13H,5-6,14-15H2,1-4H3,(H,27,29)/b22-13-. The summed E-state index contributed by atoms with van der Waals surface area (Å²) in [4.78, 5) is 50.5. The molecule has 1 aliphatic rings. The predicted molar refractivity (Wildman–Crippen MR) is 137 cm³/mol. The van der Waals surface area contributed by atoms with E-state index in [1.165, 1.54) is 0 Å². The van der Waals surface area contributed by atoms with Crippen molar-refractivity contribution in [2.45, 2.75) is 27.7 Å². The molecule has 36 heavy (non-hydrogen) atoms. The number of benzene rings is 2. The van der Waals surface area contributed by atoms with Gasteiger partial charge in [-0.2, -0.15) is 0 Å². The van der Waals surface area contributed by atoms with Crippen molar-refractivity contribution in [1.29, 1.82) is 0 Å². The highest BCUT2D eigenvalue weighted by atomic mass is 32.2. The zero-order valence-corrected chi connectivity index (χ0v) is 21.4. The Bertz CT molecular complexity index is 1210. The number of aryl methyl sites for hydroxylation is 2. The second-order valence-corrected chi connectivity index (χ2v) is 8.84. The van der Waals surface area contributed by atoms with Gasteiger partial charge in [-0.05, 0) is 86.5 Å². The molecule has 0 unspecified atom stereocenters. The minimum absolute atomic E-state index is 0.182. The molecule has 1 N–H and O–H groups in total. The fourth-order valence-corrected chi connectivity index (χ4v) is 4.13. The number of rotatable bonds is 10. The lowest BCUT2D eigenvalue weighted by molar-refractivity contribution is -0.145. The summed E-state index contributed by atoms with van der Waals surface area (Å²) in [5, 5.41) is 2.19. The van der Waals surface area contributed by atoms with Crippen LogP contribution in [-0.4, -0.2) is 54.3 Å². The number of anilines is 1. The highest BCUT2D eigenvalue weighted by Gasteiger charge is 2.36. The molecule has 3 amide bonds. The van der Waals surface area contributed by atoms with Crippen LogP contribution in [0.1, 0.15) is 30.5 Å². The van der Waals surface area contributed by atoms with E-state index in [0.717, 1.165) is 27.8 Å². The van der Waals surface area contributed by atoms with E-state index in [1.807, 2.05) is 26.0 Å². The van der Waals surface area contributed by atoms with Crippen LogP contribution >= 0.6 is 11.8 Å². The minimum atomic E-state index is -0.555. The zero-order chi connectivity index (χ0) is 26.2. The topological polar surface area (TPSA) is 111 Å². The molecule has 2 aromatic carbocycles. The first kappa shape index (κ1) is 26.8. The number of carbonyl (C=O) groups excluding carboxylic acids is 4.